The molecule has 17 heavy (non-hydrogen) atoms. The van der Waals surface area contributed by atoms with Crippen LogP contribution in [0, 0.1) is 0 Å². The monoisotopic (exact) mass is 242 g/mol. The summed E-state index contributed by atoms with van der Waals surface area (Å²) in [6.07, 6.45) is 0.820. The van der Waals surface area contributed by atoms with Crippen molar-refractivity contribution < 1.29 is 28.9 Å². The van der Waals surface area contributed by atoms with Gasteiger partial charge in [-0.15, -0.1) is 0 Å². The predicted octanol–water partition coefficient (Wildman–Crippen LogP) is -0.473. The molecule has 1 aliphatic carbocycles. The second-order valence-electron chi connectivity index (χ2n) is 4.76. The van der Waals surface area contributed by atoms with E-state index in [9.17, 15) is 14.7 Å². The Hall–Kier alpha value is -0.980. The van der Waals surface area contributed by atoms with Crippen molar-refractivity contribution in [2.24, 2.45) is 0 Å². The second kappa shape index (κ2) is 3.76. The first kappa shape index (κ1) is 11.1. The van der Waals surface area contributed by atoms with E-state index in [1.807, 2.05) is 0 Å². The van der Waals surface area contributed by atoms with E-state index in [0.717, 1.165) is 25.7 Å². The van der Waals surface area contributed by atoms with Crippen molar-refractivity contribution in [2.75, 3.05) is 6.61 Å². The van der Waals surface area contributed by atoms with E-state index in [2.05, 4.69) is 0 Å². The summed E-state index contributed by atoms with van der Waals surface area (Å²) >= 11 is 0. The lowest BCUT2D eigenvalue weighted by Gasteiger charge is -2.23. The third-order valence-corrected chi connectivity index (χ3v) is 3.63. The zero-order chi connectivity index (χ0) is 12.0. The van der Waals surface area contributed by atoms with Crippen LogP contribution in [0.5, 0.6) is 0 Å². The summed E-state index contributed by atoms with van der Waals surface area (Å²) in [5.74, 6) is -2.47. The molecule has 6 nitrogen and oxygen atoms in total. The molecule has 1 unspecified atom stereocenters. The van der Waals surface area contributed by atoms with E-state index >= 15 is 0 Å². The number of ether oxygens (including phenoxy) is 3. The molecule has 0 aromatic rings. The molecule has 1 spiro atoms. The van der Waals surface area contributed by atoms with Crippen LogP contribution in [0.4, 0.5) is 0 Å². The number of hydrogen-bond acceptors (Lipinski definition) is 6. The lowest BCUT2D eigenvalue weighted by molar-refractivity contribution is -0.180. The molecule has 0 aromatic heterocycles. The standard InChI is InChI=1S/C11H14O6/c12-7-8(13)10(14)16-9(7)6-5-15-11(17-6)3-1-2-4-11/h6-7,9,12H,1-5H2/t6-,7?,9+/m0/s1. The van der Waals surface area contributed by atoms with Crippen molar-refractivity contribution in [2.45, 2.75) is 49.8 Å². The average molecular weight is 242 g/mol. The van der Waals surface area contributed by atoms with Crippen molar-refractivity contribution in [1.29, 1.82) is 0 Å². The van der Waals surface area contributed by atoms with Crippen molar-refractivity contribution in [1.82, 2.24) is 0 Å². The number of carbonyl (C=O) groups is 2. The van der Waals surface area contributed by atoms with Gasteiger partial charge in [-0.3, -0.25) is 4.79 Å². The number of cyclic esters (lactones) is 1. The molecule has 0 aromatic carbocycles. The smallest absolute Gasteiger partial charge is 0.378 e. The number of hydrogen-bond donors (Lipinski definition) is 1. The van der Waals surface area contributed by atoms with Crippen LogP contribution >= 0.6 is 0 Å². The zero-order valence-corrected chi connectivity index (χ0v) is 9.26. The fraction of sp³-hybridized carbons (Fsp3) is 0.818. The van der Waals surface area contributed by atoms with Gasteiger partial charge in [0.15, 0.2) is 18.0 Å². The first-order valence-corrected chi connectivity index (χ1v) is 5.86. The van der Waals surface area contributed by atoms with Gasteiger partial charge in [0.05, 0.1) is 6.61 Å². The number of aliphatic hydroxyl groups excluding tert-OH is 1. The number of ketones is 1. The fourth-order valence-electron chi connectivity index (χ4n) is 2.71. The Morgan fingerprint density at radius 3 is 2.53 bits per heavy atom. The molecular formula is C11H14O6. The Morgan fingerprint density at radius 2 is 1.94 bits per heavy atom. The van der Waals surface area contributed by atoms with Crippen molar-refractivity contribution in [3.05, 3.63) is 0 Å². The van der Waals surface area contributed by atoms with Crippen LogP contribution in [-0.2, 0) is 23.8 Å². The summed E-state index contributed by atoms with van der Waals surface area (Å²) in [6.45, 7) is 0.252. The van der Waals surface area contributed by atoms with E-state index in [1.54, 1.807) is 0 Å². The van der Waals surface area contributed by atoms with Gasteiger partial charge in [-0.05, 0) is 12.8 Å². The number of Topliss-reactive ketones (excluding diaryl/α,β-unsaturated/α-hetero) is 1. The number of esters is 1. The summed E-state index contributed by atoms with van der Waals surface area (Å²) < 4.78 is 16.2. The molecule has 3 rings (SSSR count). The lowest BCUT2D eigenvalue weighted by atomic mass is 10.1. The number of rotatable bonds is 1. The van der Waals surface area contributed by atoms with Gasteiger partial charge in [0.1, 0.15) is 6.10 Å². The zero-order valence-electron chi connectivity index (χ0n) is 9.26. The van der Waals surface area contributed by atoms with E-state index < -0.39 is 35.9 Å². The molecule has 3 aliphatic rings. The van der Waals surface area contributed by atoms with Crippen LogP contribution in [-0.4, -0.2) is 47.6 Å². The minimum Gasteiger partial charge on any atom is -0.450 e. The molecule has 94 valence electrons. The highest BCUT2D eigenvalue weighted by Gasteiger charge is 2.53. The maximum atomic E-state index is 11.2. The first-order chi connectivity index (χ1) is 8.11. The average Bonchev–Trinajstić information content (AvgIpc) is 2.99. The third-order valence-electron chi connectivity index (χ3n) is 3.63. The highest BCUT2D eigenvalue weighted by atomic mass is 16.8. The summed E-state index contributed by atoms with van der Waals surface area (Å²) in [4.78, 5) is 22.2. The second-order valence-corrected chi connectivity index (χ2v) is 4.76. The third kappa shape index (κ3) is 1.67. The van der Waals surface area contributed by atoms with Gasteiger partial charge in [-0.2, -0.15) is 0 Å². The van der Waals surface area contributed by atoms with Gasteiger partial charge in [0.25, 0.3) is 5.78 Å². The number of carbonyl (C=O) groups excluding carboxylic acids is 2. The molecule has 0 amide bonds. The molecule has 3 fully saturated rings. The normalized spacial score (nSPS) is 40.2. The topological polar surface area (TPSA) is 82.1 Å². The van der Waals surface area contributed by atoms with Crippen LogP contribution in [0.15, 0.2) is 0 Å². The molecule has 2 heterocycles. The summed E-state index contributed by atoms with van der Waals surface area (Å²) in [5, 5.41) is 9.59. The van der Waals surface area contributed by atoms with Gasteiger partial charge >= 0.3 is 5.97 Å². The van der Waals surface area contributed by atoms with E-state index in [4.69, 9.17) is 14.2 Å². The summed E-state index contributed by atoms with van der Waals surface area (Å²) in [6, 6.07) is 0. The van der Waals surface area contributed by atoms with Gasteiger partial charge in [0.2, 0.25) is 0 Å². The van der Waals surface area contributed by atoms with E-state index in [0.29, 0.717) is 0 Å². The minimum absolute atomic E-state index is 0.252. The fourth-order valence-corrected chi connectivity index (χ4v) is 2.71. The Balaban J connectivity index is 1.71. The van der Waals surface area contributed by atoms with Crippen LogP contribution in [0.25, 0.3) is 0 Å². The van der Waals surface area contributed by atoms with Crippen molar-refractivity contribution in [3.8, 4) is 0 Å². The van der Waals surface area contributed by atoms with Crippen LogP contribution in [0.2, 0.25) is 0 Å². The van der Waals surface area contributed by atoms with Gasteiger partial charge in [0, 0.05) is 12.8 Å². The Morgan fingerprint density at radius 1 is 1.24 bits per heavy atom. The van der Waals surface area contributed by atoms with Crippen LogP contribution in [0.1, 0.15) is 25.7 Å². The SMILES string of the molecule is O=C1O[C@H]([C@@H]2COC3(CCCC3)O2)C(O)C1=O. The first-order valence-electron chi connectivity index (χ1n) is 5.86. The summed E-state index contributed by atoms with van der Waals surface area (Å²) in [7, 11) is 0. The quantitative estimate of drug-likeness (QED) is 0.494. The Labute approximate surface area is 97.8 Å². The van der Waals surface area contributed by atoms with Gasteiger partial charge in [-0.1, -0.05) is 0 Å². The predicted molar refractivity (Wildman–Crippen MR) is 52.9 cm³/mol. The van der Waals surface area contributed by atoms with Gasteiger partial charge in [-0.25, -0.2) is 4.79 Å². The minimum atomic E-state index is -1.42. The van der Waals surface area contributed by atoms with E-state index in [1.165, 1.54) is 0 Å². The molecule has 1 N–H and O–H groups in total. The molecule has 2 saturated heterocycles. The highest BCUT2D eigenvalue weighted by molar-refractivity contribution is 6.37. The Kier molecular flexibility index (Phi) is 2.46. The van der Waals surface area contributed by atoms with Crippen LogP contribution in [0.3, 0.4) is 0 Å². The molecule has 3 atom stereocenters. The van der Waals surface area contributed by atoms with Gasteiger partial charge < -0.3 is 19.3 Å². The van der Waals surface area contributed by atoms with E-state index in [-0.39, 0.29) is 6.61 Å². The molecule has 2 aliphatic heterocycles. The largest absolute Gasteiger partial charge is 0.450 e. The highest BCUT2D eigenvalue weighted by Crippen LogP contribution is 2.41. The van der Waals surface area contributed by atoms with Crippen molar-refractivity contribution in [3.63, 3.8) is 0 Å². The maximum Gasteiger partial charge on any atom is 0.378 e. The number of aliphatic hydroxyl groups is 1. The Bertz CT molecular complexity index is 359. The van der Waals surface area contributed by atoms with Crippen molar-refractivity contribution >= 4 is 11.8 Å². The lowest BCUT2D eigenvalue weighted by Crippen LogP contribution is -2.39. The maximum absolute atomic E-state index is 11.2. The molecule has 0 bridgehead atoms. The molecular weight excluding hydrogens is 228 g/mol. The summed E-state index contributed by atoms with van der Waals surface area (Å²) in [5.41, 5.74) is 0. The van der Waals surface area contributed by atoms with Crippen LogP contribution < -0.4 is 0 Å². The molecule has 6 heteroatoms. The molecule has 0 radical (unpaired) electrons. The molecule has 1 saturated carbocycles.